The van der Waals surface area contributed by atoms with Crippen LogP contribution >= 0.6 is 0 Å². The number of nitrogens with one attached hydrogen (secondary N) is 2. The lowest BCUT2D eigenvalue weighted by Gasteiger charge is -2.07. The molecule has 160 valence electrons. The molecule has 0 saturated heterocycles. The van der Waals surface area contributed by atoms with Gasteiger partial charge in [-0.15, -0.1) is 0 Å². The number of aliphatic carboxylic acids is 1. The van der Waals surface area contributed by atoms with E-state index in [2.05, 4.69) is 20.3 Å². The number of ether oxygens (including phenoxy) is 1. The van der Waals surface area contributed by atoms with Gasteiger partial charge in [-0.3, -0.25) is 4.79 Å². The zero-order chi connectivity index (χ0) is 22.1. The number of aromatic amines is 1. The first-order valence-corrected chi connectivity index (χ1v) is 9.62. The Morgan fingerprint density at radius 3 is 2.84 bits per heavy atom. The van der Waals surface area contributed by atoms with Gasteiger partial charge in [0.05, 0.1) is 13.7 Å². The van der Waals surface area contributed by atoms with Crippen molar-refractivity contribution in [1.82, 2.24) is 24.8 Å². The summed E-state index contributed by atoms with van der Waals surface area (Å²) in [5.41, 5.74) is 8.46. The van der Waals surface area contributed by atoms with E-state index in [1.54, 1.807) is 36.1 Å². The number of methoxy groups -OCH3 is 1. The number of H-pyrrole nitrogens is 1. The molecule has 1 amide bonds. The second-order valence-corrected chi connectivity index (χ2v) is 6.85. The molecule has 11 heteroatoms. The van der Waals surface area contributed by atoms with E-state index >= 15 is 0 Å². The highest BCUT2D eigenvalue weighted by Gasteiger charge is 2.27. The Kier molecular flexibility index (Phi) is 5.15. The fraction of sp³-hybridized carbons (Fsp3) is 0.250. The first kappa shape index (κ1) is 20.1. The predicted molar refractivity (Wildman–Crippen MR) is 111 cm³/mol. The van der Waals surface area contributed by atoms with Gasteiger partial charge in [0.25, 0.3) is 11.7 Å². The first-order valence-electron chi connectivity index (χ1n) is 9.62. The van der Waals surface area contributed by atoms with Crippen molar-refractivity contribution in [2.45, 2.75) is 26.6 Å². The number of carboxylic acids is 1. The Balaban J connectivity index is 1.71. The van der Waals surface area contributed by atoms with Gasteiger partial charge in [0, 0.05) is 12.3 Å². The number of amides is 1. The number of nitrogens with zero attached hydrogens (tertiary/aromatic N) is 4. The van der Waals surface area contributed by atoms with Crippen LogP contribution in [0.15, 0.2) is 30.5 Å². The zero-order valence-corrected chi connectivity index (χ0v) is 17.0. The van der Waals surface area contributed by atoms with E-state index in [0.29, 0.717) is 29.3 Å². The van der Waals surface area contributed by atoms with Crippen molar-refractivity contribution in [2.24, 2.45) is 0 Å². The minimum Gasteiger partial charge on any atom is -0.497 e. The Bertz CT molecular complexity index is 1310. The molecule has 0 atom stereocenters. The number of carboxylic acid groups (broad SMARTS) is 1. The second kappa shape index (κ2) is 7.94. The number of rotatable bonds is 7. The van der Waals surface area contributed by atoms with Gasteiger partial charge in [-0.25, -0.2) is 23.9 Å². The molecular formula is C20H22N7O4+. The number of carbonyl (C=O) groups is 2. The molecule has 0 unspecified atom stereocenters. The topological polar surface area (TPSA) is 152 Å². The lowest BCUT2D eigenvalue weighted by molar-refractivity contribution is -0.668. The van der Waals surface area contributed by atoms with Gasteiger partial charge >= 0.3 is 5.97 Å². The molecule has 1 aromatic carbocycles. The third-order valence-corrected chi connectivity index (χ3v) is 5.03. The molecule has 3 aromatic heterocycles. The summed E-state index contributed by atoms with van der Waals surface area (Å²) in [5.74, 6) is -0.208. The molecule has 3 heterocycles. The van der Waals surface area contributed by atoms with E-state index in [9.17, 15) is 14.7 Å². The van der Waals surface area contributed by atoms with Crippen LogP contribution in [0.3, 0.4) is 0 Å². The van der Waals surface area contributed by atoms with Crippen molar-refractivity contribution in [3.8, 4) is 5.75 Å². The van der Waals surface area contributed by atoms with Crippen molar-refractivity contribution < 1.29 is 24.0 Å². The van der Waals surface area contributed by atoms with Crippen LogP contribution in [0.4, 0.5) is 5.82 Å². The Morgan fingerprint density at radius 2 is 2.13 bits per heavy atom. The number of nitrogen functional groups attached to an aromatic ring is 1. The highest BCUT2D eigenvalue weighted by molar-refractivity contribution is 5.98. The quantitative estimate of drug-likeness (QED) is 0.321. The maximum absolute atomic E-state index is 12.8. The van der Waals surface area contributed by atoms with E-state index in [0.717, 1.165) is 11.0 Å². The van der Waals surface area contributed by atoms with E-state index in [4.69, 9.17) is 10.5 Å². The summed E-state index contributed by atoms with van der Waals surface area (Å²) in [6.07, 6.45) is 1.66. The van der Waals surface area contributed by atoms with Crippen molar-refractivity contribution in [1.29, 1.82) is 0 Å². The van der Waals surface area contributed by atoms with Crippen LogP contribution in [0.1, 0.15) is 23.2 Å². The van der Waals surface area contributed by atoms with Gasteiger partial charge in [-0.2, -0.15) is 0 Å². The third kappa shape index (κ3) is 3.61. The second-order valence-electron chi connectivity index (χ2n) is 6.85. The lowest BCUT2D eigenvalue weighted by atomic mass is 10.3. The van der Waals surface area contributed by atoms with E-state index < -0.39 is 11.9 Å². The Morgan fingerprint density at radius 1 is 1.32 bits per heavy atom. The summed E-state index contributed by atoms with van der Waals surface area (Å²) >= 11 is 0. The first-order chi connectivity index (χ1) is 14.9. The fourth-order valence-electron chi connectivity index (χ4n) is 3.65. The maximum Gasteiger partial charge on any atom is 0.346 e. The molecule has 11 nitrogen and oxygen atoms in total. The van der Waals surface area contributed by atoms with Gasteiger partial charge in [0.15, 0.2) is 34.7 Å². The molecule has 31 heavy (non-hydrogen) atoms. The number of nitrogens with two attached hydrogens (primary N) is 1. The standard InChI is InChI=1S/C20H21N7O4/c1-3-26-14-8-11(31-2)4-5-13(14)27(10-16(28)29)15(26)9-23-20(30)17-18(21)25-19-12(24-17)6-7-22-19/h4-8H,3,9-10H2,1-2H3,(H4-,21,22,23,24,25,28,29,30)/p+1. The number of aryl methyl sites for hydroxylation is 1. The third-order valence-electron chi connectivity index (χ3n) is 5.03. The molecule has 0 aliphatic rings. The number of benzene rings is 1. The van der Waals surface area contributed by atoms with Gasteiger partial charge in [0.1, 0.15) is 17.8 Å². The van der Waals surface area contributed by atoms with E-state index in [1.807, 2.05) is 17.6 Å². The van der Waals surface area contributed by atoms with Crippen LogP contribution in [0.2, 0.25) is 0 Å². The van der Waals surface area contributed by atoms with Crippen LogP contribution < -0.4 is 20.4 Å². The number of fused-ring (bicyclic) bond motifs is 2. The molecule has 0 saturated carbocycles. The lowest BCUT2D eigenvalue weighted by Crippen LogP contribution is -2.44. The molecule has 0 aliphatic carbocycles. The largest absolute Gasteiger partial charge is 0.497 e. The van der Waals surface area contributed by atoms with Gasteiger partial charge in [-0.1, -0.05) is 0 Å². The molecule has 4 rings (SSSR count). The minimum absolute atomic E-state index is 0.00614. The van der Waals surface area contributed by atoms with E-state index in [1.165, 1.54) is 0 Å². The van der Waals surface area contributed by atoms with Gasteiger partial charge in [-0.05, 0) is 25.1 Å². The zero-order valence-electron chi connectivity index (χ0n) is 17.0. The summed E-state index contributed by atoms with van der Waals surface area (Å²) in [5, 5.41) is 12.2. The molecule has 4 aromatic rings. The fourth-order valence-corrected chi connectivity index (χ4v) is 3.65. The number of imidazole rings is 1. The highest BCUT2D eigenvalue weighted by atomic mass is 16.5. The summed E-state index contributed by atoms with van der Waals surface area (Å²) in [7, 11) is 1.57. The van der Waals surface area contributed by atoms with Crippen LogP contribution in [-0.2, 0) is 24.4 Å². The SMILES string of the molecule is CCn1c(CNC(=O)c2nc3cc[nH]c3nc2N)[n+](CC(=O)O)c2ccc(OC)cc21. The summed E-state index contributed by atoms with van der Waals surface area (Å²) in [6.45, 7) is 2.33. The highest BCUT2D eigenvalue weighted by Crippen LogP contribution is 2.21. The van der Waals surface area contributed by atoms with Gasteiger partial charge < -0.3 is 25.9 Å². The number of hydrogen-bond donors (Lipinski definition) is 4. The van der Waals surface area contributed by atoms with E-state index in [-0.39, 0.29) is 24.6 Å². The average Bonchev–Trinajstić information content (AvgIpc) is 3.32. The normalized spacial score (nSPS) is 11.2. The molecule has 0 bridgehead atoms. The van der Waals surface area contributed by atoms with Crippen LogP contribution in [-0.4, -0.2) is 43.6 Å². The molecule has 0 radical (unpaired) electrons. The monoisotopic (exact) mass is 424 g/mol. The number of aromatic nitrogens is 5. The summed E-state index contributed by atoms with van der Waals surface area (Å²) in [6, 6.07) is 7.11. The number of anilines is 1. The molecular weight excluding hydrogens is 402 g/mol. The van der Waals surface area contributed by atoms with Crippen molar-refractivity contribution in [3.05, 3.63) is 42.0 Å². The minimum atomic E-state index is -0.989. The Hall–Kier alpha value is -4.15. The van der Waals surface area contributed by atoms with Crippen molar-refractivity contribution >= 4 is 39.9 Å². The summed E-state index contributed by atoms with van der Waals surface area (Å²) < 4.78 is 8.90. The Labute approximate surface area is 176 Å². The summed E-state index contributed by atoms with van der Waals surface area (Å²) in [4.78, 5) is 35.6. The predicted octanol–water partition coefficient (Wildman–Crippen LogP) is 0.825. The molecule has 0 spiro atoms. The average molecular weight is 424 g/mol. The smallest absolute Gasteiger partial charge is 0.346 e. The van der Waals surface area contributed by atoms with Crippen molar-refractivity contribution in [3.63, 3.8) is 0 Å². The molecule has 0 fully saturated rings. The number of hydrogen-bond acceptors (Lipinski definition) is 6. The van der Waals surface area contributed by atoms with Crippen molar-refractivity contribution in [2.75, 3.05) is 12.8 Å². The van der Waals surface area contributed by atoms with Gasteiger partial charge in [0.2, 0.25) is 0 Å². The maximum atomic E-state index is 12.8. The number of carbonyl (C=O) groups excluding carboxylic acids is 1. The van der Waals surface area contributed by atoms with Crippen LogP contribution in [0, 0.1) is 0 Å². The molecule has 5 N–H and O–H groups in total. The van der Waals surface area contributed by atoms with Crippen LogP contribution in [0.5, 0.6) is 5.75 Å². The molecule has 0 aliphatic heterocycles. The van der Waals surface area contributed by atoms with Crippen LogP contribution in [0.25, 0.3) is 22.2 Å².